The number of nitrogens with one attached hydrogen (secondary N) is 2. The summed E-state index contributed by atoms with van der Waals surface area (Å²) >= 11 is 0. The van der Waals surface area contributed by atoms with Gasteiger partial charge in [0.05, 0.1) is 25.9 Å². The molecule has 0 fully saturated rings. The SMILES string of the molecule is CC(=O)N=c1n(CCOc2ccc(C(=N)CC(=O)OC(C)(C)C)cc2)ccn1CCOc1ccc(C(=N)CC(=O)OC(C)(C)C)cc1. The number of amides is 1. The van der Waals surface area contributed by atoms with Gasteiger partial charge in [0.15, 0.2) is 0 Å². The van der Waals surface area contributed by atoms with Gasteiger partial charge in [0, 0.05) is 30.7 Å². The predicted octanol–water partition coefficient (Wildman–Crippen LogP) is 5.09. The first kappa shape index (κ1) is 36.5. The number of carbonyl (C=O) groups is 3. The van der Waals surface area contributed by atoms with Crippen LogP contribution in [0.3, 0.4) is 0 Å². The first-order chi connectivity index (χ1) is 22.0. The van der Waals surface area contributed by atoms with E-state index in [1.165, 1.54) is 6.92 Å². The molecule has 3 rings (SSSR count). The second-order valence-electron chi connectivity index (χ2n) is 12.8. The van der Waals surface area contributed by atoms with Gasteiger partial charge in [-0.1, -0.05) is 0 Å². The number of ether oxygens (including phenoxy) is 4. The number of hydrogen-bond donors (Lipinski definition) is 2. The van der Waals surface area contributed by atoms with E-state index in [-0.39, 0.29) is 30.2 Å². The van der Waals surface area contributed by atoms with Gasteiger partial charge in [-0.05, 0) is 101 Å². The van der Waals surface area contributed by atoms with Crippen LogP contribution in [0, 0.1) is 10.8 Å². The molecule has 0 radical (unpaired) electrons. The molecular weight excluding hydrogens is 602 g/mol. The first-order valence-corrected chi connectivity index (χ1v) is 15.3. The topological polar surface area (TPSA) is 158 Å². The summed E-state index contributed by atoms with van der Waals surface area (Å²) in [4.78, 5) is 40.2. The maximum Gasteiger partial charge on any atom is 0.312 e. The Balaban J connectivity index is 1.52. The normalized spacial score (nSPS) is 11.4. The van der Waals surface area contributed by atoms with E-state index >= 15 is 0 Å². The van der Waals surface area contributed by atoms with Crippen LogP contribution in [0.25, 0.3) is 0 Å². The largest absolute Gasteiger partial charge is 0.492 e. The summed E-state index contributed by atoms with van der Waals surface area (Å²) in [6.45, 7) is 13.6. The first-order valence-electron chi connectivity index (χ1n) is 15.3. The molecule has 2 aromatic carbocycles. The number of aromatic nitrogens is 2. The number of carbonyl (C=O) groups excluding carboxylic acids is 3. The van der Waals surface area contributed by atoms with Crippen molar-refractivity contribution in [2.45, 2.75) is 85.6 Å². The van der Waals surface area contributed by atoms with Crippen LogP contribution in [0.1, 0.15) is 72.4 Å². The molecule has 0 aliphatic heterocycles. The average Bonchev–Trinajstić information content (AvgIpc) is 3.31. The second kappa shape index (κ2) is 16.0. The van der Waals surface area contributed by atoms with Crippen molar-refractivity contribution in [1.29, 1.82) is 10.8 Å². The Morgan fingerprint density at radius 1 is 0.660 bits per heavy atom. The summed E-state index contributed by atoms with van der Waals surface area (Å²) in [6, 6.07) is 13.9. The van der Waals surface area contributed by atoms with Gasteiger partial charge in [-0.3, -0.25) is 14.4 Å². The van der Waals surface area contributed by atoms with E-state index < -0.39 is 23.1 Å². The van der Waals surface area contributed by atoms with E-state index in [1.807, 2.05) is 21.5 Å². The van der Waals surface area contributed by atoms with Crippen molar-refractivity contribution in [2.24, 2.45) is 4.99 Å². The van der Waals surface area contributed by atoms with E-state index in [9.17, 15) is 14.4 Å². The van der Waals surface area contributed by atoms with Crippen molar-refractivity contribution >= 4 is 29.3 Å². The van der Waals surface area contributed by atoms with Crippen molar-refractivity contribution in [2.75, 3.05) is 13.2 Å². The van der Waals surface area contributed by atoms with Crippen LogP contribution < -0.4 is 15.1 Å². The minimum atomic E-state index is -0.604. The molecule has 0 aliphatic carbocycles. The highest BCUT2D eigenvalue weighted by atomic mass is 16.6. The van der Waals surface area contributed by atoms with Gasteiger partial charge in [-0.25, -0.2) is 0 Å². The van der Waals surface area contributed by atoms with E-state index in [0.717, 1.165) is 0 Å². The highest BCUT2D eigenvalue weighted by Gasteiger charge is 2.19. The van der Waals surface area contributed by atoms with Gasteiger partial charge in [0.2, 0.25) is 11.5 Å². The van der Waals surface area contributed by atoms with E-state index in [4.69, 9.17) is 29.8 Å². The summed E-state index contributed by atoms with van der Waals surface area (Å²) < 4.78 is 26.0. The van der Waals surface area contributed by atoms with Gasteiger partial charge in [0.1, 0.15) is 35.9 Å². The van der Waals surface area contributed by atoms with Crippen LogP contribution in [-0.2, 0) is 36.9 Å². The monoisotopic (exact) mass is 647 g/mol. The van der Waals surface area contributed by atoms with Crippen LogP contribution in [0.5, 0.6) is 11.5 Å². The molecule has 0 saturated heterocycles. The van der Waals surface area contributed by atoms with E-state index in [2.05, 4.69) is 4.99 Å². The lowest BCUT2D eigenvalue weighted by Gasteiger charge is -2.19. The number of nitrogens with zero attached hydrogens (tertiary/aromatic N) is 3. The molecule has 47 heavy (non-hydrogen) atoms. The molecule has 0 bridgehead atoms. The quantitative estimate of drug-likeness (QED) is 0.182. The molecular formula is C35H45N5O7. The van der Waals surface area contributed by atoms with Crippen LogP contribution in [0.2, 0.25) is 0 Å². The summed E-state index contributed by atoms with van der Waals surface area (Å²) in [5, 5.41) is 16.4. The molecule has 1 heterocycles. The Kier molecular flexibility index (Phi) is 12.4. The molecule has 1 aromatic heterocycles. The van der Waals surface area contributed by atoms with Crippen molar-refractivity contribution in [3.8, 4) is 11.5 Å². The molecule has 12 nitrogen and oxygen atoms in total. The Morgan fingerprint density at radius 2 is 1.02 bits per heavy atom. The Labute approximate surface area is 275 Å². The lowest BCUT2D eigenvalue weighted by molar-refractivity contribution is -0.154. The van der Waals surface area contributed by atoms with E-state index in [0.29, 0.717) is 54.5 Å². The zero-order valence-corrected chi connectivity index (χ0v) is 28.2. The van der Waals surface area contributed by atoms with Crippen molar-refractivity contribution in [1.82, 2.24) is 9.13 Å². The lowest BCUT2D eigenvalue weighted by Crippen LogP contribution is -2.30. The molecule has 0 unspecified atom stereocenters. The highest BCUT2D eigenvalue weighted by molar-refractivity contribution is 6.08. The maximum absolute atomic E-state index is 12.0. The number of benzene rings is 2. The zero-order valence-electron chi connectivity index (χ0n) is 28.2. The zero-order chi connectivity index (χ0) is 34.8. The minimum absolute atomic E-state index is 0.117. The summed E-state index contributed by atoms with van der Waals surface area (Å²) in [6.07, 6.45) is 3.40. The fraction of sp³-hybridized carbons (Fsp3) is 0.429. The molecule has 0 spiro atoms. The number of hydrogen-bond acceptors (Lipinski definition) is 9. The third-order valence-electron chi connectivity index (χ3n) is 6.29. The van der Waals surface area contributed by atoms with Gasteiger partial charge >= 0.3 is 11.9 Å². The molecule has 3 aromatic rings. The van der Waals surface area contributed by atoms with Crippen LogP contribution in [-0.4, -0.2) is 62.8 Å². The molecule has 2 N–H and O–H groups in total. The van der Waals surface area contributed by atoms with E-state index in [1.54, 1.807) is 90.1 Å². The third-order valence-corrected chi connectivity index (χ3v) is 6.29. The predicted molar refractivity (Wildman–Crippen MR) is 177 cm³/mol. The molecule has 0 atom stereocenters. The molecule has 1 amide bonds. The Bertz CT molecular complexity index is 1530. The molecule has 12 heteroatoms. The summed E-state index contributed by atoms with van der Waals surface area (Å²) in [5.41, 5.74) is 0.785. The average molecular weight is 648 g/mol. The van der Waals surface area contributed by atoms with Crippen molar-refractivity contribution in [3.63, 3.8) is 0 Å². The standard InChI is InChI=1S/C35H45N5O7/c1-24(41)38-33-39(18-20-44-27-12-8-25(9-13-27)29(36)22-31(42)46-34(2,3)4)16-17-40(33)19-21-45-28-14-10-26(11-15-28)30(37)23-32(43)47-35(5,6)7/h8-17,36-37H,18-23H2,1-7H3. The van der Waals surface area contributed by atoms with Crippen LogP contribution >= 0.6 is 0 Å². The summed E-state index contributed by atoms with van der Waals surface area (Å²) in [7, 11) is 0. The van der Waals surface area contributed by atoms with Crippen LogP contribution in [0.4, 0.5) is 0 Å². The van der Waals surface area contributed by atoms with Crippen LogP contribution in [0.15, 0.2) is 65.9 Å². The van der Waals surface area contributed by atoms with Crippen molar-refractivity contribution < 1.29 is 33.3 Å². The van der Waals surface area contributed by atoms with Crippen molar-refractivity contribution in [3.05, 3.63) is 77.7 Å². The fourth-order valence-corrected chi connectivity index (χ4v) is 4.35. The number of imidazole rings is 1. The van der Waals surface area contributed by atoms with Gasteiger partial charge < -0.3 is 38.9 Å². The Hall–Kier alpha value is -5.00. The molecule has 0 aliphatic rings. The number of rotatable bonds is 14. The van der Waals surface area contributed by atoms with Gasteiger partial charge in [-0.15, -0.1) is 0 Å². The fourth-order valence-electron chi connectivity index (χ4n) is 4.35. The maximum atomic E-state index is 12.0. The van der Waals surface area contributed by atoms with Gasteiger partial charge in [0.25, 0.3) is 0 Å². The smallest absolute Gasteiger partial charge is 0.312 e. The van der Waals surface area contributed by atoms with Gasteiger partial charge in [-0.2, -0.15) is 4.99 Å². The Morgan fingerprint density at radius 3 is 1.34 bits per heavy atom. The highest BCUT2D eigenvalue weighted by Crippen LogP contribution is 2.17. The summed E-state index contributed by atoms with van der Waals surface area (Å²) in [5.74, 6) is -0.0367. The minimum Gasteiger partial charge on any atom is -0.492 e. The lowest BCUT2D eigenvalue weighted by atomic mass is 10.1. The molecule has 0 saturated carbocycles. The second-order valence-corrected chi connectivity index (χ2v) is 12.8. The third kappa shape index (κ3) is 12.7. The number of esters is 2. The molecule has 252 valence electrons.